The summed E-state index contributed by atoms with van der Waals surface area (Å²) in [6.07, 6.45) is 0. The zero-order chi connectivity index (χ0) is 19.2. The second-order valence-electron chi connectivity index (χ2n) is 6.45. The summed E-state index contributed by atoms with van der Waals surface area (Å²) in [6, 6.07) is 15.9. The molecule has 2 aromatic carbocycles. The third-order valence-electron chi connectivity index (χ3n) is 4.75. The summed E-state index contributed by atoms with van der Waals surface area (Å²) in [4.78, 5) is 18.2. The summed E-state index contributed by atoms with van der Waals surface area (Å²) >= 11 is 1.59. The molecule has 2 aromatic rings. The van der Waals surface area contributed by atoms with Crippen LogP contribution >= 0.6 is 11.8 Å². The second-order valence-corrected chi connectivity index (χ2v) is 7.86. The lowest BCUT2D eigenvalue weighted by Crippen LogP contribution is -2.50. The molecule has 0 spiro atoms. The summed E-state index contributed by atoms with van der Waals surface area (Å²) in [6.45, 7) is 5.17. The van der Waals surface area contributed by atoms with Crippen LogP contribution in [0.4, 0.5) is 5.69 Å². The lowest BCUT2D eigenvalue weighted by molar-refractivity contribution is -0.130. The molecule has 1 heterocycles. The van der Waals surface area contributed by atoms with Gasteiger partial charge >= 0.3 is 0 Å². The monoisotopic (exact) mass is 386 g/mol. The molecular formula is C21H26N2O3S. The van der Waals surface area contributed by atoms with Crippen LogP contribution in [-0.4, -0.2) is 56.5 Å². The number of hydrogen-bond acceptors (Lipinski definition) is 5. The summed E-state index contributed by atoms with van der Waals surface area (Å²) in [7, 11) is 3.32. The molecule has 0 unspecified atom stereocenters. The smallest absolute Gasteiger partial charge is 0.235 e. The fraction of sp³-hybridized carbons (Fsp3) is 0.381. The number of rotatable bonds is 6. The average Bonchev–Trinajstić information content (AvgIpc) is 2.74. The molecule has 0 bridgehead atoms. The molecule has 1 aliphatic rings. The highest BCUT2D eigenvalue weighted by molar-refractivity contribution is 8.00. The number of hydrogen-bond donors (Lipinski definition) is 0. The van der Waals surface area contributed by atoms with Crippen molar-refractivity contribution in [3.63, 3.8) is 0 Å². The van der Waals surface area contributed by atoms with E-state index >= 15 is 0 Å². The third-order valence-corrected chi connectivity index (χ3v) is 5.85. The van der Waals surface area contributed by atoms with Gasteiger partial charge in [0.15, 0.2) is 0 Å². The van der Waals surface area contributed by atoms with E-state index in [1.165, 1.54) is 5.69 Å². The van der Waals surface area contributed by atoms with Crippen LogP contribution in [0.2, 0.25) is 0 Å². The van der Waals surface area contributed by atoms with Gasteiger partial charge in [-0.1, -0.05) is 0 Å². The van der Waals surface area contributed by atoms with Crippen molar-refractivity contribution in [1.29, 1.82) is 0 Å². The number of amides is 1. The zero-order valence-electron chi connectivity index (χ0n) is 16.1. The van der Waals surface area contributed by atoms with Crippen molar-refractivity contribution in [3.05, 3.63) is 48.5 Å². The van der Waals surface area contributed by atoms with Gasteiger partial charge in [0, 0.05) is 36.8 Å². The molecule has 3 rings (SSSR count). The van der Waals surface area contributed by atoms with Crippen LogP contribution in [-0.2, 0) is 4.79 Å². The number of methoxy groups -OCH3 is 2. The van der Waals surface area contributed by atoms with Crippen molar-refractivity contribution < 1.29 is 14.3 Å². The van der Waals surface area contributed by atoms with Crippen LogP contribution in [0.15, 0.2) is 53.4 Å². The molecule has 1 aliphatic heterocycles. The molecule has 0 N–H and O–H groups in total. The lowest BCUT2D eigenvalue weighted by Gasteiger charge is -2.37. The Hall–Kier alpha value is -2.34. The van der Waals surface area contributed by atoms with E-state index in [0.29, 0.717) is 0 Å². The van der Waals surface area contributed by atoms with Gasteiger partial charge in [-0.25, -0.2) is 0 Å². The number of carbonyl (C=O) groups excluding carboxylic acids is 1. The predicted octanol–water partition coefficient (Wildman–Crippen LogP) is 3.53. The summed E-state index contributed by atoms with van der Waals surface area (Å²) < 4.78 is 10.4. The molecule has 0 aromatic heterocycles. The molecule has 5 nitrogen and oxygen atoms in total. The van der Waals surface area contributed by atoms with Crippen molar-refractivity contribution in [2.75, 3.05) is 45.3 Å². The largest absolute Gasteiger partial charge is 0.497 e. The normalized spacial score (nSPS) is 15.4. The summed E-state index contributed by atoms with van der Waals surface area (Å²) in [5, 5.41) is -0.106. The number of anilines is 1. The molecule has 1 atom stereocenters. The van der Waals surface area contributed by atoms with Gasteiger partial charge in [-0.2, -0.15) is 0 Å². The van der Waals surface area contributed by atoms with E-state index in [4.69, 9.17) is 9.47 Å². The molecular weight excluding hydrogens is 360 g/mol. The molecule has 1 saturated heterocycles. The van der Waals surface area contributed by atoms with E-state index in [2.05, 4.69) is 17.0 Å². The third kappa shape index (κ3) is 4.89. The summed E-state index contributed by atoms with van der Waals surface area (Å²) in [5.41, 5.74) is 1.17. The molecule has 144 valence electrons. The number of ether oxygens (including phenoxy) is 2. The van der Waals surface area contributed by atoms with E-state index in [1.807, 2.05) is 48.2 Å². The lowest BCUT2D eigenvalue weighted by atomic mass is 10.2. The number of nitrogens with zero attached hydrogens (tertiary/aromatic N) is 2. The first-order valence-electron chi connectivity index (χ1n) is 9.09. The number of piperazine rings is 1. The topological polar surface area (TPSA) is 42.0 Å². The van der Waals surface area contributed by atoms with Gasteiger partial charge in [-0.15, -0.1) is 11.8 Å². The van der Waals surface area contributed by atoms with Crippen LogP contribution in [0.25, 0.3) is 0 Å². The van der Waals surface area contributed by atoms with Crippen LogP contribution in [0.1, 0.15) is 6.92 Å². The SMILES string of the molecule is COc1ccc(S[C@@H](C)C(=O)N2CCN(c3ccc(OC)cc3)CC2)cc1. The van der Waals surface area contributed by atoms with Crippen molar-refractivity contribution in [2.24, 2.45) is 0 Å². The maximum absolute atomic E-state index is 12.8. The molecule has 1 amide bonds. The minimum absolute atomic E-state index is 0.106. The average molecular weight is 387 g/mol. The van der Waals surface area contributed by atoms with Gasteiger partial charge in [0.25, 0.3) is 0 Å². The van der Waals surface area contributed by atoms with E-state index in [9.17, 15) is 4.79 Å². The van der Waals surface area contributed by atoms with Gasteiger partial charge in [-0.3, -0.25) is 4.79 Å². The van der Waals surface area contributed by atoms with Crippen LogP contribution in [0.3, 0.4) is 0 Å². The van der Waals surface area contributed by atoms with Gasteiger partial charge in [0.1, 0.15) is 11.5 Å². The molecule has 0 radical (unpaired) electrons. The van der Waals surface area contributed by atoms with E-state index in [0.717, 1.165) is 42.6 Å². The standard InChI is InChI=1S/C21H26N2O3S/c1-16(27-20-10-8-19(26-3)9-11-20)21(24)23-14-12-22(13-15-23)17-4-6-18(25-2)7-5-17/h4-11,16H,12-15H2,1-3H3/t16-/m0/s1. The Morgan fingerprint density at radius 1 is 0.889 bits per heavy atom. The molecule has 0 aliphatic carbocycles. The highest BCUT2D eigenvalue weighted by Gasteiger charge is 2.25. The van der Waals surface area contributed by atoms with Gasteiger partial charge in [0.05, 0.1) is 19.5 Å². The first-order valence-corrected chi connectivity index (χ1v) is 9.97. The second kappa shape index (κ2) is 9.04. The quantitative estimate of drug-likeness (QED) is 0.711. The molecule has 1 fully saturated rings. The Bertz CT molecular complexity index is 741. The van der Waals surface area contributed by atoms with Gasteiger partial charge < -0.3 is 19.3 Å². The molecule has 27 heavy (non-hydrogen) atoms. The van der Waals surface area contributed by atoms with Crippen LogP contribution < -0.4 is 14.4 Å². The first kappa shape index (κ1) is 19.4. The first-order chi connectivity index (χ1) is 13.1. The predicted molar refractivity (Wildman–Crippen MR) is 110 cm³/mol. The van der Waals surface area contributed by atoms with Gasteiger partial charge in [0.2, 0.25) is 5.91 Å². The molecule has 6 heteroatoms. The van der Waals surface area contributed by atoms with E-state index in [-0.39, 0.29) is 11.2 Å². The molecule has 0 saturated carbocycles. The fourth-order valence-electron chi connectivity index (χ4n) is 3.14. The van der Waals surface area contributed by atoms with Crippen molar-refractivity contribution in [3.8, 4) is 11.5 Å². The number of carbonyl (C=O) groups is 1. The van der Waals surface area contributed by atoms with Crippen molar-refractivity contribution >= 4 is 23.4 Å². The number of thioether (sulfide) groups is 1. The maximum atomic E-state index is 12.8. The Kier molecular flexibility index (Phi) is 6.50. The highest BCUT2D eigenvalue weighted by atomic mass is 32.2. The van der Waals surface area contributed by atoms with E-state index < -0.39 is 0 Å². The van der Waals surface area contributed by atoms with Crippen molar-refractivity contribution in [2.45, 2.75) is 17.1 Å². The Morgan fingerprint density at radius 2 is 1.41 bits per heavy atom. The van der Waals surface area contributed by atoms with E-state index in [1.54, 1.807) is 26.0 Å². The van der Waals surface area contributed by atoms with Crippen LogP contribution in [0, 0.1) is 0 Å². The zero-order valence-corrected chi connectivity index (χ0v) is 16.9. The Labute approximate surface area is 165 Å². The number of benzene rings is 2. The van der Waals surface area contributed by atoms with Gasteiger partial charge in [-0.05, 0) is 55.5 Å². The summed E-state index contributed by atoms with van der Waals surface area (Å²) in [5.74, 6) is 1.88. The highest BCUT2D eigenvalue weighted by Crippen LogP contribution is 2.27. The van der Waals surface area contributed by atoms with Crippen molar-refractivity contribution in [1.82, 2.24) is 4.90 Å². The minimum atomic E-state index is -0.106. The minimum Gasteiger partial charge on any atom is -0.497 e. The maximum Gasteiger partial charge on any atom is 0.235 e. The Morgan fingerprint density at radius 3 is 1.93 bits per heavy atom. The Balaban J connectivity index is 1.52. The van der Waals surface area contributed by atoms with Crippen LogP contribution in [0.5, 0.6) is 11.5 Å². The fourth-order valence-corrected chi connectivity index (χ4v) is 4.10.